The largest absolute Gasteiger partial charge is 0.471 e. The van der Waals surface area contributed by atoms with Gasteiger partial charge in [0.15, 0.2) is 0 Å². The Morgan fingerprint density at radius 3 is 2.74 bits per heavy atom. The fraction of sp³-hybridized carbons (Fsp3) is 0.312. The number of hydrogen-bond donors (Lipinski definition) is 1. The van der Waals surface area contributed by atoms with Crippen LogP contribution < -0.4 is 15.0 Å². The zero-order chi connectivity index (χ0) is 15.2. The Morgan fingerprint density at radius 1 is 1.22 bits per heavy atom. The summed E-state index contributed by atoms with van der Waals surface area (Å²) in [4.78, 5) is 11.0. The van der Waals surface area contributed by atoms with E-state index in [0.29, 0.717) is 18.1 Å². The molecule has 0 unspecified atom stereocenters. The van der Waals surface area contributed by atoms with E-state index in [-0.39, 0.29) is 12.4 Å². The SMILES string of the molecule is Cl.N#Cc1ccc(COc2cccc(N3CCNCC3)n2)nc1. The number of hydrogen-bond acceptors (Lipinski definition) is 6. The number of aromatic nitrogens is 2. The van der Waals surface area contributed by atoms with E-state index >= 15 is 0 Å². The molecule has 0 bridgehead atoms. The molecule has 2 aromatic rings. The molecule has 1 aliphatic rings. The number of halogens is 1. The first-order valence-corrected chi connectivity index (χ1v) is 7.26. The molecular formula is C16H18ClN5O. The average molecular weight is 332 g/mol. The van der Waals surface area contributed by atoms with Crippen molar-refractivity contribution in [3.05, 3.63) is 47.8 Å². The molecule has 23 heavy (non-hydrogen) atoms. The molecule has 120 valence electrons. The standard InChI is InChI=1S/C16H17N5O.ClH/c17-10-13-4-5-14(19-11-13)12-22-16-3-1-2-15(20-16)21-8-6-18-7-9-21;/h1-5,11,18H,6-9,12H2;1H. The molecule has 0 radical (unpaired) electrons. The predicted octanol–water partition coefficient (Wildman–Crippen LogP) is 1.76. The zero-order valence-electron chi connectivity index (χ0n) is 12.6. The molecule has 2 aromatic heterocycles. The van der Waals surface area contributed by atoms with E-state index in [4.69, 9.17) is 10.00 Å². The summed E-state index contributed by atoms with van der Waals surface area (Å²) in [6.45, 7) is 4.19. The van der Waals surface area contributed by atoms with Gasteiger partial charge in [0.05, 0.1) is 11.3 Å². The molecule has 0 atom stereocenters. The van der Waals surface area contributed by atoms with Crippen LogP contribution in [0.1, 0.15) is 11.3 Å². The Hall–Kier alpha value is -2.36. The Balaban J connectivity index is 0.00000192. The minimum absolute atomic E-state index is 0. The third-order valence-corrected chi connectivity index (χ3v) is 3.47. The highest BCUT2D eigenvalue weighted by Gasteiger charge is 2.12. The van der Waals surface area contributed by atoms with Crippen LogP contribution in [0, 0.1) is 11.3 Å². The van der Waals surface area contributed by atoms with Crippen LogP contribution in [0.5, 0.6) is 5.88 Å². The maximum absolute atomic E-state index is 8.75. The maximum atomic E-state index is 8.75. The summed E-state index contributed by atoms with van der Waals surface area (Å²) in [5.41, 5.74) is 1.32. The van der Waals surface area contributed by atoms with Gasteiger partial charge in [-0.25, -0.2) is 0 Å². The number of rotatable bonds is 4. The molecule has 1 fully saturated rings. The number of ether oxygens (including phenoxy) is 1. The maximum Gasteiger partial charge on any atom is 0.215 e. The predicted molar refractivity (Wildman–Crippen MR) is 89.9 cm³/mol. The quantitative estimate of drug-likeness (QED) is 0.920. The van der Waals surface area contributed by atoms with Crippen molar-refractivity contribution in [1.82, 2.24) is 15.3 Å². The Bertz CT molecular complexity index is 665. The Labute approximate surface area is 141 Å². The van der Waals surface area contributed by atoms with Crippen LogP contribution in [0.25, 0.3) is 0 Å². The van der Waals surface area contributed by atoms with Gasteiger partial charge in [0.1, 0.15) is 18.5 Å². The zero-order valence-corrected chi connectivity index (χ0v) is 13.4. The number of piperazine rings is 1. The Kier molecular flexibility index (Phi) is 6.15. The second-order valence-electron chi connectivity index (χ2n) is 5.01. The fourth-order valence-corrected chi connectivity index (χ4v) is 2.28. The molecule has 6 nitrogen and oxygen atoms in total. The minimum atomic E-state index is 0. The van der Waals surface area contributed by atoms with Crippen molar-refractivity contribution in [2.45, 2.75) is 6.61 Å². The topological polar surface area (TPSA) is 74.1 Å². The summed E-state index contributed by atoms with van der Waals surface area (Å²) in [5.74, 6) is 1.52. The summed E-state index contributed by atoms with van der Waals surface area (Å²) in [6, 6.07) is 11.4. The van der Waals surface area contributed by atoms with Gasteiger partial charge in [-0.2, -0.15) is 10.2 Å². The first-order valence-electron chi connectivity index (χ1n) is 7.26. The van der Waals surface area contributed by atoms with Crippen molar-refractivity contribution >= 4 is 18.2 Å². The highest BCUT2D eigenvalue weighted by atomic mass is 35.5. The lowest BCUT2D eigenvalue weighted by Crippen LogP contribution is -2.43. The van der Waals surface area contributed by atoms with Crippen molar-refractivity contribution in [2.75, 3.05) is 31.1 Å². The van der Waals surface area contributed by atoms with Crippen molar-refractivity contribution in [1.29, 1.82) is 5.26 Å². The lowest BCUT2D eigenvalue weighted by atomic mass is 10.3. The second kappa shape index (κ2) is 8.32. The molecule has 0 aliphatic carbocycles. The van der Waals surface area contributed by atoms with Crippen LogP contribution in [-0.2, 0) is 6.61 Å². The molecule has 0 amide bonds. The van der Waals surface area contributed by atoms with Crippen molar-refractivity contribution < 1.29 is 4.74 Å². The molecule has 1 N–H and O–H groups in total. The van der Waals surface area contributed by atoms with E-state index < -0.39 is 0 Å². The van der Waals surface area contributed by atoms with E-state index in [1.165, 1.54) is 0 Å². The van der Waals surface area contributed by atoms with Crippen LogP contribution in [-0.4, -0.2) is 36.1 Å². The highest BCUT2D eigenvalue weighted by molar-refractivity contribution is 5.85. The molecule has 3 rings (SSSR count). The van der Waals surface area contributed by atoms with Gasteiger partial charge in [-0.05, 0) is 18.2 Å². The van der Waals surface area contributed by atoms with E-state index in [9.17, 15) is 0 Å². The first kappa shape index (κ1) is 17.0. The lowest BCUT2D eigenvalue weighted by molar-refractivity contribution is 0.289. The molecule has 7 heteroatoms. The van der Waals surface area contributed by atoms with Crippen LogP contribution in [0.4, 0.5) is 5.82 Å². The molecule has 3 heterocycles. The van der Waals surface area contributed by atoms with Crippen molar-refractivity contribution in [2.24, 2.45) is 0 Å². The normalized spacial score (nSPS) is 13.8. The van der Waals surface area contributed by atoms with E-state index in [0.717, 1.165) is 37.7 Å². The van der Waals surface area contributed by atoms with Gasteiger partial charge in [0, 0.05) is 38.4 Å². The number of nitrogens with zero attached hydrogens (tertiary/aromatic N) is 4. The third-order valence-electron chi connectivity index (χ3n) is 3.47. The second-order valence-corrected chi connectivity index (χ2v) is 5.01. The Morgan fingerprint density at radius 2 is 2.04 bits per heavy atom. The van der Waals surface area contributed by atoms with Gasteiger partial charge >= 0.3 is 0 Å². The summed E-state index contributed by atoms with van der Waals surface area (Å²) in [7, 11) is 0. The smallest absolute Gasteiger partial charge is 0.215 e. The van der Waals surface area contributed by atoms with Crippen molar-refractivity contribution in [3.63, 3.8) is 0 Å². The summed E-state index contributed by atoms with van der Waals surface area (Å²) in [5, 5.41) is 12.1. The van der Waals surface area contributed by atoms with Gasteiger partial charge in [0.2, 0.25) is 5.88 Å². The number of nitriles is 1. The molecule has 0 aromatic carbocycles. The van der Waals surface area contributed by atoms with Gasteiger partial charge in [-0.15, -0.1) is 12.4 Å². The molecule has 1 saturated heterocycles. The highest BCUT2D eigenvalue weighted by Crippen LogP contribution is 2.17. The van der Waals surface area contributed by atoms with Gasteiger partial charge in [-0.1, -0.05) is 6.07 Å². The van der Waals surface area contributed by atoms with E-state index in [2.05, 4.69) is 20.2 Å². The van der Waals surface area contributed by atoms with Crippen LogP contribution >= 0.6 is 12.4 Å². The number of nitrogens with one attached hydrogen (secondary N) is 1. The molecular weight excluding hydrogens is 314 g/mol. The van der Waals surface area contributed by atoms with E-state index in [1.807, 2.05) is 24.3 Å². The summed E-state index contributed by atoms with van der Waals surface area (Å²) >= 11 is 0. The van der Waals surface area contributed by atoms with Crippen LogP contribution in [0.15, 0.2) is 36.5 Å². The lowest BCUT2D eigenvalue weighted by Gasteiger charge is -2.28. The van der Waals surface area contributed by atoms with Crippen molar-refractivity contribution in [3.8, 4) is 11.9 Å². The molecule has 0 spiro atoms. The monoisotopic (exact) mass is 331 g/mol. The molecule has 0 saturated carbocycles. The van der Waals surface area contributed by atoms with Crippen LogP contribution in [0.3, 0.4) is 0 Å². The fourth-order valence-electron chi connectivity index (χ4n) is 2.28. The van der Waals surface area contributed by atoms with Gasteiger partial charge in [-0.3, -0.25) is 4.98 Å². The minimum Gasteiger partial charge on any atom is -0.471 e. The van der Waals surface area contributed by atoms with Crippen LogP contribution in [0.2, 0.25) is 0 Å². The number of anilines is 1. The van der Waals surface area contributed by atoms with E-state index in [1.54, 1.807) is 18.3 Å². The molecule has 1 aliphatic heterocycles. The average Bonchev–Trinajstić information content (AvgIpc) is 2.61. The van der Waals surface area contributed by atoms with Gasteiger partial charge in [0.25, 0.3) is 0 Å². The number of pyridine rings is 2. The third kappa shape index (κ3) is 4.55. The summed E-state index contributed by atoms with van der Waals surface area (Å²) < 4.78 is 5.70. The first-order chi connectivity index (χ1) is 10.8. The summed E-state index contributed by atoms with van der Waals surface area (Å²) in [6.07, 6.45) is 1.54. The van der Waals surface area contributed by atoms with Gasteiger partial charge < -0.3 is 15.0 Å².